The van der Waals surface area contributed by atoms with E-state index in [9.17, 15) is 9.90 Å². The summed E-state index contributed by atoms with van der Waals surface area (Å²) in [5, 5.41) is 12.3. The minimum atomic E-state index is -0.555. The van der Waals surface area contributed by atoms with Crippen molar-refractivity contribution in [1.82, 2.24) is 5.32 Å². The number of hydrogen-bond donors (Lipinski definition) is 2. The molecule has 228 valence electrons. The summed E-state index contributed by atoms with van der Waals surface area (Å²) in [6.45, 7) is 4.07. The molecule has 1 aliphatic heterocycles. The van der Waals surface area contributed by atoms with Crippen LogP contribution in [-0.2, 0) is 27.4 Å². The summed E-state index contributed by atoms with van der Waals surface area (Å²) in [4.78, 5) is 13.0. The first-order chi connectivity index (χ1) is 21.6. The molecule has 0 spiro atoms. The van der Waals surface area contributed by atoms with E-state index in [0.717, 1.165) is 49.8 Å². The first-order valence-corrected chi connectivity index (χ1v) is 15.5. The van der Waals surface area contributed by atoms with Crippen LogP contribution in [-0.4, -0.2) is 36.8 Å². The van der Waals surface area contributed by atoms with Gasteiger partial charge in [-0.25, -0.2) is 4.79 Å². The Hall–Kier alpha value is -4.08. The SMILES string of the molecule is C=CCOC(=O)NCc1ccccc1-c1ccc([C@@H]2O[C@H](CSc3ccccc3OC)C[C@H](c3ccc(CO)cc3)O2)cc1. The van der Waals surface area contributed by atoms with Crippen LogP contribution in [0.25, 0.3) is 11.1 Å². The van der Waals surface area contributed by atoms with Crippen molar-refractivity contribution < 1.29 is 28.8 Å². The number of benzene rings is 4. The minimum absolute atomic E-state index is 0.000645. The maximum atomic E-state index is 12.0. The van der Waals surface area contributed by atoms with Gasteiger partial charge in [0, 0.05) is 29.2 Å². The summed E-state index contributed by atoms with van der Waals surface area (Å²) in [6.07, 6.45) is 0.951. The van der Waals surface area contributed by atoms with Gasteiger partial charge < -0.3 is 29.4 Å². The lowest BCUT2D eigenvalue weighted by molar-refractivity contribution is -0.245. The third-order valence-electron chi connectivity index (χ3n) is 7.38. The van der Waals surface area contributed by atoms with Crippen molar-refractivity contribution in [3.8, 4) is 16.9 Å². The molecule has 0 unspecified atom stereocenters. The normalized spacial score (nSPS) is 17.9. The number of para-hydroxylation sites is 1. The van der Waals surface area contributed by atoms with Crippen molar-refractivity contribution in [3.63, 3.8) is 0 Å². The van der Waals surface area contributed by atoms with Gasteiger partial charge in [-0.2, -0.15) is 0 Å². The highest BCUT2D eigenvalue weighted by Gasteiger charge is 2.32. The van der Waals surface area contributed by atoms with E-state index in [1.807, 2.05) is 78.9 Å². The number of aliphatic hydroxyl groups is 1. The molecule has 7 nitrogen and oxygen atoms in total. The van der Waals surface area contributed by atoms with Crippen molar-refractivity contribution in [1.29, 1.82) is 0 Å². The smallest absolute Gasteiger partial charge is 0.407 e. The maximum Gasteiger partial charge on any atom is 0.407 e. The molecule has 0 radical (unpaired) electrons. The lowest BCUT2D eigenvalue weighted by Crippen LogP contribution is -2.31. The number of ether oxygens (including phenoxy) is 4. The van der Waals surface area contributed by atoms with Crippen LogP contribution in [0.15, 0.2) is 115 Å². The Balaban J connectivity index is 1.33. The van der Waals surface area contributed by atoms with Gasteiger partial charge in [-0.1, -0.05) is 97.6 Å². The van der Waals surface area contributed by atoms with E-state index in [2.05, 4.69) is 30.1 Å². The Morgan fingerprint density at radius 1 is 0.977 bits per heavy atom. The van der Waals surface area contributed by atoms with E-state index in [1.165, 1.54) is 6.08 Å². The molecular formula is C36H37NO6S. The van der Waals surface area contributed by atoms with Crippen LogP contribution in [0.5, 0.6) is 5.75 Å². The molecular weight excluding hydrogens is 574 g/mol. The predicted octanol–water partition coefficient (Wildman–Crippen LogP) is 7.60. The van der Waals surface area contributed by atoms with Crippen LogP contribution in [0.2, 0.25) is 0 Å². The van der Waals surface area contributed by atoms with Crippen LogP contribution >= 0.6 is 11.8 Å². The molecule has 44 heavy (non-hydrogen) atoms. The first kappa shape index (κ1) is 31.3. The number of aliphatic hydroxyl groups excluding tert-OH is 1. The van der Waals surface area contributed by atoms with Crippen molar-refractivity contribution >= 4 is 17.9 Å². The molecule has 2 N–H and O–H groups in total. The van der Waals surface area contributed by atoms with Crippen LogP contribution < -0.4 is 10.1 Å². The average Bonchev–Trinajstić information content (AvgIpc) is 3.09. The van der Waals surface area contributed by atoms with Crippen molar-refractivity contribution in [2.45, 2.75) is 43.0 Å². The number of nitrogens with one attached hydrogen (secondary N) is 1. The van der Waals surface area contributed by atoms with E-state index in [0.29, 0.717) is 13.0 Å². The quantitative estimate of drug-likeness (QED) is 0.126. The van der Waals surface area contributed by atoms with Crippen molar-refractivity contribution in [2.24, 2.45) is 0 Å². The lowest BCUT2D eigenvalue weighted by atomic mass is 9.98. The van der Waals surface area contributed by atoms with Gasteiger partial charge in [0.2, 0.25) is 0 Å². The van der Waals surface area contributed by atoms with Gasteiger partial charge in [-0.15, -0.1) is 11.8 Å². The van der Waals surface area contributed by atoms with E-state index in [4.69, 9.17) is 18.9 Å². The van der Waals surface area contributed by atoms with Gasteiger partial charge in [0.15, 0.2) is 6.29 Å². The number of rotatable bonds is 12. The number of carbonyl (C=O) groups excluding carboxylic acids is 1. The van der Waals surface area contributed by atoms with Crippen molar-refractivity contribution in [2.75, 3.05) is 19.5 Å². The third kappa shape index (κ3) is 8.09. The summed E-state index contributed by atoms with van der Waals surface area (Å²) in [7, 11) is 1.68. The summed E-state index contributed by atoms with van der Waals surface area (Å²) in [5.41, 5.74) is 5.83. The van der Waals surface area contributed by atoms with Crippen LogP contribution in [0.3, 0.4) is 0 Å². The number of amides is 1. The van der Waals surface area contributed by atoms with Crippen LogP contribution in [0, 0.1) is 0 Å². The number of hydrogen-bond acceptors (Lipinski definition) is 7. The average molecular weight is 612 g/mol. The molecule has 1 aliphatic rings. The second-order valence-electron chi connectivity index (χ2n) is 10.3. The van der Waals surface area contributed by atoms with Gasteiger partial charge >= 0.3 is 6.09 Å². The van der Waals surface area contributed by atoms with Gasteiger partial charge in [-0.3, -0.25) is 0 Å². The van der Waals surface area contributed by atoms with Gasteiger partial charge in [0.05, 0.1) is 25.9 Å². The highest BCUT2D eigenvalue weighted by atomic mass is 32.2. The van der Waals surface area contributed by atoms with E-state index >= 15 is 0 Å². The van der Waals surface area contributed by atoms with E-state index in [1.54, 1.807) is 18.9 Å². The first-order valence-electron chi connectivity index (χ1n) is 14.5. The Morgan fingerprint density at radius 2 is 1.70 bits per heavy atom. The molecule has 4 aromatic carbocycles. The maximum absolute atomic E-state index is 12.0. The molecule has 1 saturated heterocycles. The predicted molar refractivity (Wildman–Crippen MR) is 172 cm³/mol. The number of alkyl carbamates (subject to hydrolysis) is 1. The number of methoxy groups -OCH3 is 1. The molecule has 0 aromatic heterocycles. The summed E-state index contributed by atoms with van der Waals surface area (Å²) in [5.74, 6) is 1.58. The van der Waals surface area contributed by atoms with Gasteiger partial charge in [0.25, 0.3) is 0 Å². The second-order valence-corrected chi connectivity index (χ2v) is 11.4. The summed E-state index contributed by atoms with van der Waals surface area (Å²) >= 11 is 1.71. The summed E-state index contributed by atoms with van der Waals surface area (Å²) in [6, 6.07) is 32.0. The van der Waals surface area contributed by atoms with Gasteiger partial charge in [-0.05, 0) is 39.9 Å². The molecule has 0 aliphatic carbocycles. The van der Waals surface area contributed by atoms with Crippen LogP contribution in [0.4, 0.5) is 4.79 Å². The molecule has 1 amide bonds. The fraction of sp³-hybridized carbons (Fsp3) is 0.250. The van der Waals surface area contributed by atoms with Crippen LogP contribution in [0.1, 0.15) is 41.1 Å². The highest BCUT2D eigenvalue weighted by molar-refractivity contribution is 7.99. The number of thioether (sulfide) groups is 1. The lowest BCUT2D eigenvalue weighted by Gasteiger charge is -2.36. The summed E-state index contributed by atoms with van der Waals surface area (Å²) < 4.78 is 23.7. The zero-order chi connectivity index (χ0) is 30.7. The molecule has 8 heteroatoms. The Kier molecular flexibility index (Phi) is 11.1. The topological polar surface area (TPSA) is 86.3 Å². The van der Waals surface area contributed by atoms with Gasteiger partial charge in [0.1, 0.15) is 12.4 Å². The molecule has 1 heterocycles. The zero-order valence-electron chi connectivity index (χ0n) is 24.7. The largest absolute Gasteiger partial charge is 0.496 e. The van der Waals surface area contributed by atoms with Crippen molar-refractivity contribution in [3.05, 3.63) is 132 Å². The molecule has 4 aromatic rings. The highest BCUT2D eigenvalue weighted by Crippen LogP contribution is 2.41. The zero-order valence-corrected chi connectivity index (χ0v) is 25.5. The number of carbonyl (C=O) groups is 1. The molecule has 5 rings (SSSR count). The van der Waals surface area contributed by atoms with E-state index < -0.39 is 12.4 Å². The Bertz CT molecular complexity index is 1520. The molecule has 0 bridgehead atoms. The Labute approximate surface area is 262 Å². The fourth-order valence-electron chi connectivity index (χ4n) is 5.07. The minimum Gasteiger partial charge on any atom is -0.496 e. The standard InChI is InChI=1S/C36H37NO6S/c1-3-20-41-36(39)37-22-29-8-4-5-9-31(29)26-16-18-28(19-17-26)35-42-30(24-44-34-11-7-6-10-32(34)40-2)21-33(43-35)27-14-12-25(23-38)13-15-27/h3-19,30,33,35,38H,1,20-24H2,2H3,(H,37,39)/t30-,33+,35+/m0/s1. The monoisotopic (exact) mass is 611 g/mol. The molecule has 0 saturated carbocycles. The van der Waals surface area contributed by atoms with E-state index in [-0.39, 0.29) is 25.4 Å². The molecule has 3 atom stereocenters. The Morgan fingerprint density at radius 3 is 2.45 bits per heavy atom. The fourth-order valence-corrected chi connectivity index (χ4v) is 6.12. The third-order valence-corrected chi connectivity index (χ3v) is 8.56. The second kappa shape index (κ2) is 15.6. The molecule has 1 fully saturated rings.